The van der Waals surface area contributed by atoms with Crippen LogP contribution in [-0.4, -0.2) is 55.4 Å². The number of hydrogen-bond acceptors (Lipinski definition) is 12. The largest absolute Gasteiger partial charge is 0.459 e. The van der Waals surface area contributed by atoms with Gasteiger partial charge in [0.1, 0.15) is 18.8 Å². The molecule has 19 heteroatoms. The van der Waals surface area contributed by atoms with E-state index in [2.05, 4.69) is 5.10 Å². The summed E-state index contributed by atoms with van der Waals surface area (Å²) in [4.78, 5) is 70.9. The fraction of sp³-hybridized carbons (Fsp3) is 0.261. The fourth-order valence-corrected chi connectivity index (χ4v) is 3.80. The predicted octanol–water partition coefficient (Wildman–Crippen LogP) is 2.14. The van der Waals surface area contributed by atoms with E-state index < -0.39 is 76.4 Å². The number of aromatic nitrogens is 3. The first-order chi connectivity index (χ1) is 19.7. The Balaban J connectivity index is 1.57. The highest BCUT2D eigenvalue weighted by Gasteiger charge is 2.43. The molecule has 1 aliphatic heterocycles. The van der Waals surface area contributed by atoms with Crippen LogP contribution in [0.4, 0.5) is 24.5 Å². The van der Waals surface area contributed by atoms with E-state index in [9.17, 15) is 52.6 Å². The molecular weight excluding hydrogens is 579 g/mol. The first-order valence-electron chi connectivity index (χ1n) is 11.6. The average Bonchev–Trinajstić information content (AvgIpc) is 3.32. The summed E-state index contributed by atoms with van der Waals surface area (Å²) in [5.74, 6) is -2.03. The monoisotopic (exact) mass is 595 g/mol. The number of hydrogen-bond donors (Lipinski definition) is 1. The molecule has 1 aliphatic rings. The van der Waals surface area contributed by atoms with Gasteiger partial charge in [-0.3, -0.25) is 30.0 Å². The quantitative estimate of drug-likeness (QED) is 0.225. The summed E-state index contributed by atoms with van der Waals surface area (Å²) in [7, 11) is 0. The Kier molecular flexibility index (Phi) is 8.13. The molecule has 4 rings (SSSR count). The molecule has 1 N–H and O–H groups in total. The highest BCUT2D eigenvalue weighted by Crippen LogP contribution is 2.32. The van der Waals surface area contributed by atoms with Gasteiger partial charge in [-0.15, -0.1) is 0 Å². The molecule has 0 saturated carbocycles. The Morgan fingerprint density at radius 3 is 2.00 bits per heavy atom. The maximum absolute atomic E-state index is 13.2. The number of aromatic amines is 1. The Hall–Kier alpha value is -5.46. The number of benzene rings is 2. The van der Waals surface area contributed by atoms with Crippen molar-refractivity contribution in [2.24, 2.45) is 0 Å². The first-order valence-corrected chi connectivity index (χ1v) is 11.6. The number of carbonyl (C=O) groups is 2. The molecule has 1 saturated heterocycles. The number of nitro benzene ring substituents is 2. The summed E-state index contributed by atoms with van der Waals surface area (Å²) in [6.45, 7) is -0.672. The molecule has 0 radical (unpaired) electrons. The van der Waals surface area contributed by atoms with E-state index in [1.54, 1.807) is 0 Å². The number of nitrogens with zero attached hydrogens (tertiary/aromatic N) is 4. The Labute approximate surface area is 229 Å². The first kappa shape index (κ1) is 29.5. The van der Waals surface area contributed by atoms with Crippen molar-refractivity contribution in [1.29, 1.82) is 0 Å². The van der Waals surface area contributed by atoms with Gasteiger partial charge in [-0.1, -0.05) is 0 Å². The van der Waals surface area contributed by atoms with Crippen LogP contribution >= 0.6 is 0 Å². The van der Waals surface area contributed by atoms with Crippen LogP contribution in [0.3, 0.4) is 0 Å². The van der Waals surface area contributed by atoms with Gasteiger partial charge in [-0.25, -0.2) is 14.4 Å². The van der Waals surface area contributed by atoms with Gasteiger partial charge in [0.25, 0.3) is 16.9 Å². The third-order valence-corrected chi connectivity index (χ3v) is 5.84. The highest BCUT2D eigenvalue weighted by atomic mass is 19.4. The molecule has 3 aromatic rings. The molecule has 220 valence electrons. The van der Waals surface area contributed by atoms with Crippen molar-refractivity contribution in [3.8, 4) is 0 Å². The maximum atomic E-state index is 13.2. The van der Waals surface area contributed by atoms with E-state index in [0.717, 1.165) is 48.5 Å². The number of H-pyrrole nitrogens is 1. The zero-order chi connectivity index (χ0) is 30.8. The van der Waals surface area contributed by atoms with Gasteiger partial charge < -0.3 is 14.2 Å². The van der Waals surface area contributed by atoms with Gasteiger partial charge in [-0.05, 0) is 24.3 Å². The number of ether oxygens (including phenoxy) is 3. The molecule has 1 fully saturated rings. The second-order valence-corrected chi connectivity index (χ2v) is 8.57. The van der Waals surface area contributed by atoms with Crippen molar-refractivity contribution in [3.63, 3.8) is 0 Å². The minimum absolute atomic E-state index is 0.108. The van der Waals surface area contributed by atoms with Gasteiger partial charge in [0.15, 0.2) is 6.23 Å². The maximum Gasteiger partial charge on any atom is 0.440 e. The number of non-ortho nitro benzene ring substituents is 2. The standard InChI is InChI=1S/C23H16F3N5O11/c24-23(25,26)18-19(32)27-22(35)29(28-18)17-9-15(42-21(34)12-3-7-14(8-4-12)31(38)39)16(41-17)10-40-20(33)11-1-5-13(6-2-11)30(36)37/h1-8,15-17H,9-10H2,(H,27,32,35)/t15-,16+,17+/m0/s1. The average molecular weight is 595 g/mol. The van der Waals surface area contributed by atoms with Gasteiger partial charge >= 0.3 is 23.8 Å². The van der Waals surface area contributed by atoms with Crippen molar-refractivity contribution in [3.05, 3.63) is 106 Å². The molecule has 2 heterocycles. The minimum Gasteiger partial charge on any atom is -0.459 e. The van der Waals surface area contributed by atoms with E-state index in [1.165, 1.54) is 4.98 Å². The van der Waals surface area contributed by atoms with E-state index in [4.69, 9.17) is 14.2 Å². The summed E-state index contributed by atoms with van der Waals surface area (Å²) >= 11 is 0. The molecule has 1 aromatic heterocycles. The molecule has 3 atom stereocenters. The molecule has 0 amide bonds. The van der Waals surface area contributed by atoms with Crippen molar-refractivity contribution >= 4 is 23.3 Å². The lowest BCUT2D eigenvalue weighted by molar-refractivity contribution is -0.385. The third kappa shape index (κ3) is 6.46. The number of esters is 2. The Bertz CT molecular complexity index is 1650. The third-order valence-electron chi connectivity index (χ3n) is 5.84. The minimum atomic E-state index is -5.23. The normalized spacial score (nSPS) is 18.3. The number of rotatable bonds is 8. The van der Waals surface area contributed by atoms with Crippen LogP contribution in [0, 0.1) is 20.2 Å². The van der Waals surface area contributed by atoms with E-state index in [1.807, 2.05) is 0 Å². The van der Waals surface area contributed by atoms with Crippen molar-refractivity contribution in [2.75, 3.05) is 6.61 Å². The van der Waals surface area contributed by atoms with E-state index >= 15 is 0 Å². The smallest absolute Gasteiger partial charge is 0.440 e. The molecule has 0 bridgehead atoms. The second-order valence-electron chi connectivity index (χ2n) is 8.57. The Morgan fingerprint density at radius 1 is 0.976 bits per heavy atom. The van der Waals surface area contributed by atoms with Crippen LogP contribution < -0.4 is 11.2 Å². The van der Waals surface area contributed by atoms with Gasteiger partial charge in [0.05, 0.1) is 21.0 Å². The summed E-state index contributed by atoms with van der Waals surface area (Å²) < 4.78 is 55.9. The highest BCUT2D eigenvalue weighted by molar-refractivity contribution is 5.90. The summed E-state index contributed by atoms with van der Waals surface area (Å²) in [6.07, 6.45) is -10.1. The molecule has 0 spiro atoms. The summed E-state index contributed by atoms with van der Waals surface area (Å²) in [5.41, 5.74) is -6.00. The number of carbonyl (C=O) groups excluding carboxylic acids is 2. The Morgan fingerprint density at radius 2 is 1.50 bits per heavy atom. The van der Waals surface area contributed by atoms with Crippen LogP contribution in [0.2, 0.25) is 0 Å². The molecule has 0 unspecified atom stereocenters. The molecule has 42 heavy (non-hydrogen) atoms. The van der Waals surface area contributed by atoms with Gasteiger partial charge in [-0.2, -0.15) is 23.0 Å². The SMILES string of the molecule is O=C(OC[C@H]1O[C@@H](n2nc(C(F)(F)F)c(=O)[nH]c2=O)C[C@@H]1OC(=O)c1ccc([N+](=O)[O-])cc1)c1ccc([N+](=O)[O-])cc1. The van der Waals surface area contributed by atoms with Crippen LogP contribution in [-0.2, 0) is 20.4 Å². The van der Waals surface area contributed by atoms with Crippen molar-refractivity contribution in [2.45, 2.75) is 31.0 Å². The predicted molar refractivity (Wildman–Crippen MR) is 128 cm³/mol. The van der Waals surface area contributed by atoms with Crippen LogP contribution in [0.15, 0.2) is 58.1 Å². The second kappa shape index (κ2) is 11.6. The molecule has 2 aromatic carbocycles. The van der Waals surface area contributed by atoms with E-state index in [-0.39, 0.29) is 27.2 Å². The number of halogens is 3. The van der Waals surface area contributed by atoms with Crippen LogP contribution in [0.5, 0.6) is 0 Å². The summed E-state index contributed by atoms with van der Waals surface area (Å²) in [5, 5.41) is 24.7. The molecule has 0 aliphatic carbocycles. The zero-order valence-corrected chi connectivity index (χ0v) is 20.7. The fourth-order valence-electron chi connectivity index (χ4n) is 3.80. The van der Waals surface area contributed by atoms with Gasteiger partial charge in [0, 0.05) is 30.7 Å². The summed E-state index contributed by atoms with van der Waals surface area (Å²) in [6, 6.07) is 8.51. The molecule has 16 nitrogen and oxygen atoms in total. The van der Waals surface area contributed by atoms with Crippen molar-refractivity contribution < 1.29 is 46.8 Å². The topological polar surface area (TPSA) is 216 Å². The number of nitro groups is 2. The number of alkyl halides is 3. The lowest BCUT2D eigenvalue weighted by atomic mass is 10.1. The van der Waals surface area contributed by atoms with Crippen LogP contribution in [0.1, 0.15) is 39.1 Å². The lowest BCUT2D eigenvalue weighted by Gasteiger charge is -2.19. The van der Waals surface area contributed by atoms with Crippen LogP contribution in [0.25, 0.3) is 0 Å². The zero-order valence-electron chi connectivity index (χ0n) is 20.7. The lowest BCUT2D eigenvalue weighted by Crippen LogP contribution is -2.39. The number of nitrogens with one attached hydrogen (secondary N) is 1. The molecular formula is C23H16F3N5O11. The van der Waals surface area contributed by atoms with Gasteiger partial charge in [0.2, 0.25) is 5.69 Å². The van der Waals surface area contributed by atoms with Crippen molar-refractivity contribution in [1.82, 2.24) is 14.8 Å². The van der Waals surface area contributed by atoms with E-state index in [0.29, 0.717) is 0 Å².